The Morgan fingerprint density at radius 2 is 2.00 bits per heavy atom. The molecular formula is C15H16BrFN4. The van der Waals surface area contributed by atoms with Crippen molar-refractivity contribution < 1.29 is 4.39 Å². The van der Waals surface area contributed by atoms with Gasteiger partial charge in [-0.05, 0) is 39.7 Å². The first-order chi connectivity index (χ1) is 10.2. The molecule has 3 rings (SSSR count). The fourth-order valence-corrected chi connectivity index (χ4v) is 2.94. The van der Waals surface area contributed by atoms with Crippen molar-refractivity contribution in [3.8, 4) is 0 Å². The Morgan fingerprint density at radius 1 is 1.19 bits per heavy atom. The Kier molecular flexibility index (Phi) is 4.45. The first-order valence-electron chi connectivity index (χ1n) is 6.89. The van der Waals surface area contributed by atoms with Crippen molar-refractivity contribution in [3.63, 3.8) is 0 Å². The number of pyridine rings is 2. The van der Waals surface area contributed by atoms with Crippen molar-refractivity contribution >= 4 is 21.7 Å². The van der Waals surface area contributed by atoms with E-state index in [2.05, 4.69) is 36.9 Å². The number of aromatic nitrogens is 2. The number of nitrogens with zero attached hydrogens (tertiary/aromatic N) is 4. The zero-order chi connectivity index (χ0) is 14.7. The molecule has 6 heteroatoms. The topological polar surface area (TPSA) is 32.3 Å². The average Bonchev–Trinajstić information content (AvgIpc) is 2.49. The van der Waals surface area contributed by atoms with Gasteiger partial charge in [-0.1, -0.05) is 0 Å². The molecule has 0 unspecified atom stereocenters. The molecule has 4 nitrogen and oxygen atoms in total. The summed E-state index contributed by atoms with van der Waals surface area (Å²) in [6.07, 6.45) is 5.30. The maximum atomic E-state index is 13.7. The second-order valence-electron chi connectivity index (χ2n) is 5.08. The van der Waals surface area contributed by atoms with Crippen LogP contribution in [-0.4, -0.2) is 41.0 Å². The Hall–Kier alpha value is -1.53. The minimum Gasteiger partial charge on any atom is -0.352 e. The highest BCUT2D eigenvalue weighted by Crippen LogP contribution is 2.18. The summed E-state index contributed by atoms with van der Waals surface area (Å²) < 4.78 is 14.7. The van der Waals surface area contributed by atoms with Crippen LogP contribution in [0.1, 0.15) is 5.56 Å². The molecule has 1 fully saturated rings. The van der Waals surface area contributed by atoms with Gasteiger partial charge in [0, 0.05) is 55.8 Å². The van der Waals surface area contributed by atoms with E-state index in [0.717, 1.165) is 37.2 Å². The maximum Gasteiger partial charge on any atom is 0.165 e. The number of hydrogen-bond donors (Lipinski definition) is 0. The zero-order valence-electron chi connectivity index (χ0n) is 11.5. The van der Waals surface area contributed by atoms with E-state index in [1.54, 1.807) is 18.5 Å². The largest absolute Gasteiger partial charge is 0.352 e. The van der Waals surface area contributed by atoms with Crippen LogP contribution in [-0.2, 0) is 6.54 Å². The van der Waals surface area contributed by atoms with E-state index >= 15 is 0 Å². The number of anilines is 1. The van der Waals surface area contributed by atoms with Gasteiger partial charge in [-0.2, -0.15) is 0 Å². The van der Waals surface area contributed by atoms with Crippen LogP contribution >= 0.6 is 15.9 Å². The predicted octanol–water partition coefficient (Wildman–Crippen LogP) is 2.70. The molecule has 110 valence electrons. The lowest BCUT2D eigenvalue weighted by atomic mass is 10.2. The summed E-state index contributed by atoms with van der Waals surface area (Å²) in [6, 6.07) is 5.16. The van der Waals surface area contributed by atoms with Crippen LogP contribution in [0.15, 0.2) is 41.3 Å². The summed E-state index contributed by atoms with van der Waals surface area (Å²) in [4.78, 5) is 12.7. The highest BCUT2D eigenvalue weighted by Gasteiger charge is 2.20. The van der Waals surface area contributed by atoms with Gasteiger partial charge in [0.1, 0.15) is 0 Å². The number of hydrogen-bond acceptors (Lipinski definition) is 4. The van der Waals surface area contributed by atoms with Crippen LogP contribution in [0.4, 0.5) is 10.2 Å². The normalized spacial score (nSPS) is 16.2. The van der Waals surface area contributed by atoms with Crippen LogP contribution in [0.2, 0.25) is 0 Å². The fourth-order valence-electron chi connectivity index (χ4n) is 2.53. The van der Waals surface area contributed by atoms with E-state index in [0.29, 0.717) is 5.82 Å². The standard InChI is InChI=1S/C15H16BrFN4/c16-13-8-12(9-18-10-13)11-20-4-6-21(7-5-20)15-14(17)2-1-3-19-15/h1-3,8-10H,4-7,11H2. The van der Waals surface area contributed by atoms with Gasteiger partial charge < -0.3 is 4.90 Å². The molecule has 3 heterocycles. The molecule has 1 saturated heterocycles. The van der Waals surface area contributed by atoms with Gasteiger partial charge in [0.2, 0.25) is 0 Å². The molecule has 0 atom stereocenters. The molecule has 2 aromatic rings. The van der Waals surface area contributed by atoms with Gasteiger partial charge in [-0.3, -0.25) is 9.88 Å². The Balaban J connectivity index is 1.59. The van der Waals surface area contributed by atoms with E-state index in [1.807, 2.05) is 11.1 Å². The first-order valence-corrected chi connectivity index (χ1v) is 7.69. The lowest BCUT2D eigenvalue weighted by molar-refractivity contribution is 0.248. The third-order valence-electron chi connectivity index (χ3n) is 3.58. The summed E-state index contributed by atoms with van der Waals surface area (Å²) in [5.41, 5.74) is 1.18. The third kappa shape index (κ3) is 3.57. The number of halogens is 2. The van der Waals surface area contributed by atoms with Crippen molar-refractivity contribution in [1.29, 1.82) is 0 Å². The molecule has 0 bridgehead atoms. The SMILES string of the molecule is Fc1cccnc1N1CCN(Cc2cncc(Br)c2)CC1. The van der Waals surface area contributed by atoms with Gasteiger partial charge in [0.05, 0.1) is 0 Å². The van der Waals surface area contributed by atoms with E-state index in [4.69, 9.17) is 0 Å². The molecule has 0 aliphatic carbocycles. The molecule has 0 spiro atoms. The molecular weight excluding hydrogens is 335 g/mol. The Bertz CT molecular complexity index is 614. The zero-order valence-corrected chi connectivity index (χ0v) is 13.1. The van der Waals surface area contributed by atoms with Crippen molar-refractivity contribution in [1.82, 2.24) is 14.9 Å². The maximum absolute atomic E-state index is 13.7. The summed E-state index contributed by atoms with van der Waals surface area (Å²) in [7, 11) is 0. The molecule has 1 aliphatic rings. The lowest BCUT2D eigenvalue weighted by Crippen LogP contribution is -2.46. The van der Waals surface area contributed by atoms with Gasteiger partial charge in [0.15, 0.2) is 11.6 Å². The monoisotopic (exact) mass is 350 g/mol. The van der Waals surface area contributed by atoms with Crippen LogP contribution in [0.5, 0.6) is 0 Å². The molecule has 0 amide bonds. The van der Waals surface area contributed by atoms with Crippen LogP contribution < -0.4 is 4.90 Å². The van der Waals surface area contributed by atoms with Gasteiger partial charge >= 0.3 is 0 Å². The minimum absolute atomic E-state index is 0.248. The van der Waals surface area contributed by atoms with Crippen molar-refractivity contribution in [2.24, 2.45) is 0 Å². The van der Waals surface area contributed by atoms with E-state index in [9.17, 15) is 4.39 Å². The molecule has 0 radical (unpaired) electrons. The molecule has 21 heavy (non-hydrogen) atoms. The smallest absolute Gasteiger partial charge is 0.165 e. The summed E-state index contributed by atoms with van der Waals surface area (Å²) in [6.45, 7) is 4.22. The summed E-state index contributed by atoms with van der Waals surface area (Å²) in [5, 5.41) is 0. The van der Waals surface area contributed by atoms with Crippen LogP contribution in [0.25, 0.3) is 0 Å². The summed E-state index contributed by atoms with van der Waals surface area (Å²) >= 11 is 3.44. The molecule has 0 saturated carbocycles. The van der Waals surface area contributed by atoms with Gasteiger partial charge in [-0.15, -0.1) is 0 Å². The average molecular weight is 351 g/mol. The number of rotatable bonds is 3. The quantitative estimate of drug-likeness (QED) is 0.851. The number of piperazine rings is 1. The molecule has 1 aliphatic heterocycles. The molecule has 0 N–H and O–H groups in total. The Labute approximate surface area is 131 Å². The second-order valence-corrected chi connectivity index (χ2v) is 6.00. The van der Waals surface area contributed by atoms with Crippen molar-refractivity contribution in [3.05, 3.63) is 52.6 Å². The van der Waals surface area contributed by atoms with Crippen molar-refractivity contribution in [2.75, 3.05) is 31.1 Å². The van der Waals surface area contributed by atoms with Crippen LogP contribution in [0, 0.1) is 5.82 Å². The van der Waals surface area contributed by atoms with Crippen LogP contribution in [0.3, 0.4) is 0 Å². The predicted molar refractivity (Wildman–Crippen MR) is 83.6 cm³/mol. The van der Waals surface area contributed by atoms with E-state index in [-0.39, 0.29) is 5.82 Å². The second kappa shape index (κ2) is 6.49. The first kappa shape index (κ1) is 14.4. The highest BCUT2D eigenvalue weighted by molar-refractivity contribution is 9.10. The fraction of sp³-hybridized carbons (Fsp3) is 0.333. The van der Waals surface area contributed by atoms with Crippen molar-refractivity contribution in [2.45, 2.75) is 6.54 Å². The van der Waals surface area contributed by atoms with E-state index < -0.39 is 0 Å². The van der Waals surface area contributed by atoms with Gasteiger partial charge in [0.25, 0.3) is 0 Å². The third-order valence-corrected chi connectivity index (χ3v) is 4.01. The molecule has 2 aromatic heterocycles. The minimum atomic E-state index is -0.248. The molecule has 0 aromatic carbocycles. The summed E-state index contributed by atoms with van der Waals surface area (Å²) in [5.74, 6) is 0.211. The highest BCUT2D eigenvalue weighted by atomic mass is 79.9. The van der Waals surface area contributed by atoms with E-state index in [1.165, 1.54) is 11.6 Å². The Morgan fingerprint density at radius 3 is 2.71 bits per heavy atom. The lowest BCUT2D eigenvalue weighted by Gasteiger charge is -2.35. The van der Waals surface area contributed by atoms with Gasteiger partial charge in [-0.25, -0.2) is 9.37 Å².